The molecule has 0 aliphatic heterocycles. The lowest BCUT2D eigenvalue weighted by molar-refractivity contribution is -0.137. The summed E-state index contributed by atoms with van der Waals surface area (Å²) in [6.07, 6.45) is -1.27. The van der Waals surface area contributed by atoms with Crippen LogP contribution in [0.25, 0.3) is 0 Å². The molecule has 1 saturated carbocycles. The van der Waals surface area contributed by atoms with Crippen LogP contribution in [0.3, 0.4) is 0 Å². The summed E-state index contributed by atoms with van der Waals surface area (Å²) in [7, 11) is -2.62. The predicted molar refractivity (Wildman–Crippen MR) is 149 cm³/mol. The van der Waals surface area contributed by atoms with Crippen molar-refractivity contribution >= 4 is 33.9 Å². The summed E-state index contributed by atoms with van der Waals surface area (Å²) < 4.78 is 88.6. The largest absolute Gasteiger partial charge is 0.487 e. The highest BCUT2D eigenvalue weighted by molar-refractivity contribution is 7.92. The van der Waals surface area contributed by atoms with Gasteiger partial charge in [-0.3, -0.25) is 14.4 Å². The molecule has 0 spiro atoms. The van der Waals surface area contributed by atoms with Crippen molar-refractivity contribution in [2.75, 3.05) is 24.9 Å². The number of benzene rings is 2. The summed E-state index contributed by atoms with van der Waals surface area (Å²) in [5, 5.41) is 16.2. The van der Waals surface area contributed by atoms with Crippen molar-refractivity contribution in [3.63, 3.8) is 0 Å². The third-order valence-corrected chi connectivity index (χ3v) is 8.50. The van der Waals surface area contributed by atoms with Gasteiger partial charge in [0, 0.05) is 24.8 Å². The van der Waals surface area contributed by atoms with Gasteiger partial charge in [-0.15, -0.1) is 0 Å². The van der Waals surface area contributed by atoms with E-state index >= 15 is 4.39 Å². The maximum atomic E-state index is 15.1. The number of ether oxygens (including phenoxy) is 1. The molecule has 10 nitrogen and oxygen atoms in total. The summed E-state index contributed by atoms with van der Waals surface area (Å²) >= 11 is 6.33. The number of aromatic nitrogens is 2. The number of halogens is 5. The van der Waals surface area contributed by atoms with Crippen LogP contribution in [0.5, 0.6) is 5.75 Å². The van der Waals surface area contributed by atoms with E-state index in [2.05, 4.69) is 14.7 Å². The molecule has 3 aromatic rings. The van der Waals surface area contributed by atoms with Gasteiger partial charge in [0.15, 0.2) is 0 Å². The van der Waals surface area contributed by atoms with Gasteiger partial charge in [-0.25, -0.2) is 22.8 Å². The first-order chi connectivity index (χ1) is 20.3. The van der Waals surface area contributed by atoms with E-state index in [9.17, 15) is 26.7 Å². The van der Waals surface area contributed by atoms with Gasteiger partial charge in [-0.05, 0) is 56.0 Å². The minimum Gasteiger partial charge on any atom is -0.487 e. The van der Waals surface area contributed by atoms with Crippen LogP contribution in [0.1, 0.15) is 36.3 Å². The normalized spacial score (nSPS) is 18.8. The zero-order valence-corrected chi connectivity index (χ0v) is 24.3. The van der Waals surface area contributed by atoms with Gasteiger partial charge < -0.3 is 14.9 Å². The second-order valence-corrected chi connectivity index (χ2v) is 11.6. The summed E-state index contributed by atoms with van der Waals surface area (Å²) in [5.41, 5.74) is -0.180. The van der Waals surface area contributed by atoms with Crippen LogP contribution in [-0.2, 0) is 21.0 Å². The summed E-state index contributed by atoms with van der Waals surface area (Å²) in [5.74, 6) is -1.44. The lowest BCUT2D eigenvalue weighted by Crippen LogP contribution is -2.48. The maximum Gasteiger partial charge on any atom is 0.416 e. The molecule has 4 rings (SSSR count). The van der Waals surface area contributed by atoms with Gasteiger partial charge >= 0.3 is 6.18 Å². The Balaban J connectivity index is 0.00000162. The van der Waals surface area contributed by atoms with Crippen LogP contribution >= 0.6 is 11.6 Å². The Labute approximate surface area is 250 Å². The molecule has 1 heterocycles. The number of nitrogens with one attached hydrogen (secondary N) is 1. The van der Waals surface area contributed by atoms with E-state index in [4.69, 9.17) is 26.2 Å². The average molecular weight is 649 g/mol. The second-order valence-electron chi connectivity index (χ2n) is 9.58. The van der Waals surface area contributed by atoms with E-state index < -0.39 is 38.6 Å². The second kappa shape index (κ2) is 14.8. The van der Waals surface area contributed by atoms with Crippen molar-refractivity contribution in [1.82, 2.24) is 14.9 Å². The van der Waals surface area contributed by atoms with Gasteiger partial charge in [-0.2, -0.15) is 13.2 Å². The van der Waals surface area contributed by atoms with E-state index in [0.29, 0.717) is 24.8 Å². The Morgan fingerprint density at radius 3 is 2.56 bits per heavy atom. The molecular weight excluding hydrogens is 620 g/mol. The van der Waals surface area contributed by atoms with E-state index in [0.717, 1.165) is 30.6 Å². The fraction of sp³-hybridized carbons (Fsp3) is 0.370. The highest BCUT2D eigenvalue weighted by atomic mass is 35.5. The molecule has 0 radical (unpaired) electrons. The minimum absolute atomic E-state index is 0.0573. The van der Waals surface area contributed by atoms with Crippen molar-refractivity contribution < 1.29 is 45.7 Å². The van der Waals surface area contributed by atoms with Crippen molar-refractivity contribution in [3.8, 4) is 5.75 Å². The van der Waals surface area contributed by atoms with Crippen LogP contribution in [0.15, 0.2) is 59.9 Å². The Bertz CT molecular complexity index is 1480. The molecule has 1 aliphatic rings. The van der Waals surface area contributed by atoms with Gasteiger partial charge in [0.25, 0.3) is 16.5 Å². The van der Waals surface area contributed by atoms with Gasteiger partial charge in [0.2, 0.25) is 0 Å². The van der Waals surface area contributed by atoms with Gasteiger partial charge in [0.1, 0.15) is 34.7 Å². The van der Waals surface area contributed by atoms with E-state index in [1.165, 1.54) is 18.3 Å². The van der Waals surface area contributed by atoms with E-state index in [-0.39, 0.29) is 48.2 Å². The van der Waals surface area contributed by atoms with E-state index in [1.807, 2.05) is 4.90 Å². The molecule has 1 aliphatic carbocycles. The number of rotatable bonds is 9. The molecule has 1 aromatic heterocycles. The predicted octanol–water partition coefficient (Wildman–Crippen LogP) is 4.80. The molecule has 0 saturated heterocycles. The number of hydrogen-bond acceptors (Lipinski definition) is 8. The molecule has 16 heteroatoms. The quantitative estimate of drug-likeness (QED) is 0.220. The SMILES string of the molecule is CN(CCO)[C@H]1C[C@@H](c2cccc(C(F)(F)F)c2)CC[C@@H]1Oc1cc(F)c(S(=O)(=O)Nc2ccncn2)cc1Cl.O=CO. The van der Waals surface area contributed by atoms with Crippen LogP contribution in [0.2, 0.25) is 5.02 Å². The van der Waals surface area contributed by atoms with E-state index in [1.54, 1.807) is 13.1 Å². The molecule has 43 heavy (non-hydrogen) atoms. The fourth-order valence-electron chi connectivity index (χ4n) is 4.83. The molecule has 0 amide bonds. The Kier molecular flexibility index (Phi) is 11.7. The molecule has 0 unspecified atom stereocenters. The molecule has 3 atom stereocenters. The average Bonchev–Trinajstić information content (AvgIpc) is 2.95. The maximum absolute atomic E-state index is 15.1. The number of alkyl halides is 3. The molecule has 234 valence electrons. The number of carbonyl (C=O) groups is 1. The zero-order valence-electron chi connectivity index (χ0n) is 22.7. The Morgan fingerprint density at radius 2 is 1.93 bits per heavy atom. The van der Waals surface area contributed by atoms with Crippen LogP contribution in [0, 0.1) is 5.82 Å². The number of carboxylic acid groups (broad SMARTS) is 1. The third-order valence-electron chi connectivity index (χ3n) is 6.83. The summed E-state index contributed by atoms with van der Waals surface area (Å²) in [4.78, 5) is 16.9. The highest BCUT2D eigenvalue weighted by Gasteiger charge is 2.37. The van der Waals surface area contributed by atoms with Gasteiger partial charge in [0.05, 0.1) is 17.2 Å². The van der Waals surface area contributed by atoms with Crippen LogP contribution < -0.4 is 9.46 Å². The van der Waals surface area contributed by atoms with Crippen molar-refractivity contribution in [3.05, 3.63) is 77.0 Å². The number of anilines is 1. The van der Waals surface area contributed by atoms with Gasteiger partial charge in [-0.1, -0.05) is 29.8 Å². The van der Waals surface area contributed by atoms with Crippen molar-refractivity contribution in [2.45, 2.75) is 48.4 Å². The lowest BCUT2D eigenvalue weighted by atomic mass is 9.79. The summed E-state index contributed by atoms with van der Waals surface area (Å²) in [6, 6.07) is 7.98. The molecule has 0 bridgehead atoms. The fourth-order valence-corrected chi connectivity index (χ4v) is 6.20. The first-order valence-electron chi connectivity index (χ1n) is 12.8. The number of aliphatic hydroxyl groups is 1. The molecular formula is C27H29ClF4N4O6S. The molecule has 3 N–H and O–H groups in total. The van der Waals surface area contributed by atoms with Crippen LogP contribution in [0.4, 0.5) is 23.4 Å². The number of hydrogen-bond donors (Lipinski definition) is 3. The standard InChI is InChI=1S/C26H27ClF4N4O4S.CH2O2/c1-35(9-10-36)21-12-17(16-3-2-4-18(11-16)26(29,30)31)5-6-22(21)39-23-14-20(28)24(13-19(23)27)40(37,38)34-25-7-8-32-15-33-25;2-1-3/h2-4,7-8,11,13-15,17,21-22,36H,5-6,9-10,12H2,1H3,(H,32,33,34);1H,(H,2,3)/t17-,21-,22-;/m0./s1. The highest BCUT2D eigenvalue weighted by Crippen LogP contribution is 2.40. The number of likely N-dealkylation sites (N-methyl/N-ethyl adjacent to an activating group) is 1. The first-order valence-corrected chi connectivity index (χ1v) is 14.7. The number of sulfonamides is 1. The van der Waals surface area contributed by atoms with Crippen molar-refractivity contribution in [2.24, 2.45) is 0 Å². The molecule has 2 aromatic carbocycles. The smallest absolute Gasteiger partial charge is 0.416 e. The number of nitrogens with zero attached hydrogens (tertiary/aromatic N) is 3. The topological polar surface area (TPSA) is 142 Å². The first kappa shape index (κ1) is 34.0. The monoisotopic (exact) mass is 648 g/mol. The van der Waals surface area contributed by atoms with Crippen molar-refractivity contribution in [1.29, 1.82) is 0 Å². The lowest BCUT2D eigenvalue weighted by Gasteiger charge is -2.41. The summed E-state index contributed by atoms with van der Waals surface area (Å²) in [6.45, 7) is -0.136. The Morgan fingerprint density at radius 1 is 1.21 bits per heavy atom. The third kappa shape index (κ3) is 8.98. The minimum atomic E-state index is -4.46. The van der Waals surface area contributed by atoms with Crippen LogP contribution in [-0.4, -0.2) is 72.3 Å². The number of aliphatic hydroxyl groups excluding tert-OH is 1. The Hall–Kier alpha value is -3.53. The molecule has 1 fully saturated rings. The zero-order chi connectivity index (χ0) is 31.8.